The lowest BCUT2D eigenvalue weighted by Gasteiger charge is -1.02. The average molecular weight is 104 g/mol. The number of nitrogens with one attached hydrogen (secondary N) is 2. The zero-order chi connectivity index (χ0) is 5.41. The van der Waals surface area contributed by atoms with Crippen LogP contribution in [-0.2, 0) is 9.59 Å². The lowest BCUT2D eigenvalue weighted by atomic mass is 11.7. The summed E-state index contributed by atoms with van der Waals surface area (Å²) in [5, 5.41) is 10.8. The maximum Gasteiger partial charge on any atom is 0.231 e. The molecule has 0 heterocycles. The Labute approximate surface area is 39.3 Å². The molecule has 5 nitrogen and oxygen atoms in total. The van der Waals surface area contributed by atoms with Crippen LogP contribution in [0.1, 0.15) is 0 Å². The van der Waals surface area contributed by atoms with E-state index in [1.54, 1.807) is 0 Å². The van der Waals surface area contributed by atoms with Crippen molar-refractivity contribution >= 4 is 12.2 Å². The van der Waals surface area contributed by atoms with Gasteiger partial charge in [0.05, 0.1) is 0 Å². The minimum Gasteiger partial charge on any atom is -0.412 e. The van der Waals surface area contributed by atoms with Crippen LogP contribution in [0.2, 0.25) is 0 Å². The molecule has 40 valence electrons. The topological polar surface area (TPSA) is 113 Å². The third-order valence-electron chi connectivity index (χ3n) is 0. The Bertz CT molecular complexity index is 64.9. The monoisotopic (exact) mass is 104 g/mol. The molecule has 0 atom stereocenters. The van der Waals surface area contributed by atoms with Gasteiger partial charge < -0.3 is 5.48 Å². The van der Waals surface area contributed by atoms with Crippen molar-refractivity contribution in [1.29, 1.82) is 10.8 Å². The molecule has 0 aliphatic rings. The fourth-order valence-electron chi connectivity index (χ4n) is 0. The predicted molar refractivity (Wildman–Crippen MR) is 20.4 cm³/mol. The van der Waals surface area contributed by atoms with E-state index in [-0.39, 0.29) is 5.48 Å². The van der Waals surface area contributed by atoms with Crippen molar-refractivity contribution in [3.8, 4) is 0 Å². The van der Waals surface area contributed by atoms with Crippen molar-refractivity contribution in [2.24, 2.45) is 0 Å². The summed E-state index contributed by atoms with van der Waals surface area (Å²) in [4.78, 5) is 16.7. The van der Waals surface area contributed by atoms with E-state index < -0.39 is 0 Å². The lowest BCUT2D eigenvalue weighted by Crippen LogP contribution is -1.16. The van der Waals surface area contributed by atoms with Crippen LogP contribution in [0.25, 0.3) is 0 Å². The van der Waals surface area contributed by atoms with Gasteiger partial charge >= 0.3 is 0 Å². The second kappa shape index (κ2) is 126. The fraction of sp³-hybridized carbons (Fsp3) is 0. The summed E-state index contributed by atoms with van der Waals surface area (Å²) >= 11 is 0. The highest BCUT2D eigenvalue weighted by atomic mass is 16.1. The average Bonchev–Trinajstić information content (AvgIpc) is 1.39. The molecule has 0 aliphatic carbocycles. The molecule has 7 heavy (non-hydrogen) atoms. The Morgan fingerprint density at radius 3 is 1.00 bits per heavy atom. The Morgan fingerprint density at radius 2 is 1.00 bits per heavy atom. The van der Waals surface area contributed by atoms with Gasteiger partial charge in [0.1, 0.15) is 0 Å². The summed E-state index contributed by atoms with van der Waals surface area (Å²) in [6, 6.07) is 0. The first-order chi connectivity index (χ1) is 2.83. The maximum absolute atomic E-state index is 8.35. The zero-order valence-corrected chi connectivity index (χ0v) is 3.32. The van der Waals surface area contributed by atoms with E-state index >= 15 is 0 Å². The third kappa shape index (κ3) is 21.3. The summed E-state index contributed by atoms with van der Waals surface area (Å²) < 4.78 is 0. The van der Waals surface area contributed by atoms with Crippen LogP contribution in [0.3, 0.4) is 0 Å². The Morgan fingerprint density at radius 1 is 1.00 bits per heavy atom. The lowest BCUT2D eigenvalue weighted by molar-refractivity contribution is 0.562. The number of hydrogen-bond donors (Lipinski definition) is 2. The molecule has 4 N–H and O–H groups in total. The van der Waals surface area contributed by atoms with E-state index in [0.29, 0.717) is 0 Å². The van der Waals surface area contributed by atoms with Gasteiger partial charge in [-0.25, -0.2) is 20.4 Å². The highest BCUT2D eigenvalue weighted by molar-refractivity contribution is 5.26. The van der Waals surface area contributed by atoms with Crippen LogP contribution >= 0.6 is 0 Å². The number of carbonyl (C=O) groups excluding carboxylic acids is 2. The first-order valence-corrected chi connectivity index (χ1v) is 0.908. The van der Waals surface area contributed by atoms with Gasteiger partial charge in [-0.15, -0.1) is 0 Å². The van der Waals surface area contributed by atoms with Crippen molar-refractivity contribution < 1.29 is 15.1 Å². The SMILES string of the molecule is N=C=O.N=C=O.O. The van der Waals surface area contributed by atoms with E-state index in [4.69, 9.17) is 20.4 Å². The van der Waals surface area contributed by atoms with E-state index in [9.17, 15) is 0 Å². The first kappa shape index (κ1) is 17.2. The number of rotatable bonds is 0. The van der Waals surface area contributed by atoms with E-state index in [1.165, 1.54) is 0 Å². The quantitative estimate of drug-likeness (QED) is 0.302. The second-order valence-corrected chi connectivity index (χ2v) is 0.204. The fourth-order valence-corrected chi connectivity index (χ4v) is 0. The summed E-state index contributed by atoms with van der Waals surface area (Å²) in [5.74, 6) is 0. The largest absolute Gasteiger partial charge is 0.412 e. The van der Waals surface area contributed by atoms with Gasteiger partial charge in [-0.05, 0) is 0 Å². The van der Waals surface area contributed by atoms with Crippen molar-refractivity contribution in [2.75, 3.05) is 0 Å². The second-order valence-electron chi connectivity index (χ2n) is 0.204. The Balaban J connectivity index is -0.0000000400. The highest BCUT2D eigenvalue weighted by Gasteiger charge is 1.04. The molecule has 0 aromatic carbocycles. The molecule has 0 radical (unpaired) electrons. The molecule has 0 aromatic rings. The number of isocyanates is 2. The smallest absolute Gasteiger partial charge is 0.231 e. The molecule has 0 amide bonds. The van der Waals surface area contributed by atoms with Crippen LogP contribution in [-0.4, -0.2) is 17.6 Å². The van der Waals surface area contributed by atoms with Gasteiger partial charge in [-0.3, -0.25) is 0 Å². The summed E-state index contributed by atoms with van der Waals surface area (Å²) in [7, 11) is 0. The molecule has 0 spiro atoms. The molecule has 0 saturated carbocycles. The van der Waals surface area contributed by atoms with Gasteiger partial charge in [0.25, 0.3) is 0 Å². The van der Waals surface area contributed by atoms with Crippen molar-refractivity contribution in [2.45, 2.75) is 0 Å². The summed E-state index contributed by atoms with van der Waals surface area (Å²) in [6.07, 6.45) is 1.50. The Kier molecular flexibility index (Phi) is 310. The highest BCUT2D eigenvalue weighted by Crippen LogP contribution is 0.871. The third-order valence-corrected chi connectivity index (χ3v) is 0. The molecule has 0 fully saturated rings. The first-order valence-electron chi connectivity index (χ1n) is 0.908. The van der Waals surface area contributed by atoms with Crippen LogP contribution < -0.4 is 0 Å². The molecular formula is C2H4N2O3. The molecule has 0 saturated heterocycles. The van der Waals surface area contributed by atoms with Crippen LogP contribution in [0.15, 0.2) is 0 Å². The van der Waals surface area contributed by atoms with Gasteiger partial charge in [-0.2, -0.15) is 0 Å². The molecular weight excluding hydrogens is 100 g/mol. The molecule has 5 heteroatoms. The standard InChI is InChI=1S/2CHNO.H2O/c2*2-1-3;/h2*2H;1H2. The number of hydrogen-bond acceptors (Lipinski definition) is 4. The van der Waals surface area contributed by atoms with E-state index in [2.05, 4.69) is 0 Å². The summed E-state index contributed by atoms with van der Waals surface area (Å²) in [6.45, 7) is 0. The van der Waals surface area contributed by atoms with Crippen molar-refractivity contribution in [1.82, 2.24) is 0 Å². The van der Waals surface area contributed by atoms with Gasteiger partial charge in [0, 0.05) is 0 Å². The van der Waals surface area contributed by atoms with E-state index in [0.717, 1.165) is 12.2 Å². The molecule has 0 aromatic heterocycles. The normalized spacial score (nSPS) is 2.29. The van der Waals surface area contributed by atoms with Crippen molar-refractivity contribution in [3.05, 3.63) is 0 Å². The van der Waals surface area contributed by atoms with Gasteiger partial charge in [0.15, 0.2) is 0 Å². The minimum atomic E-state index is 0. The van der Waals surface area contributed by atoms with Crippen LogP contribution in [0, 0.1) is 10.8 Å². The van der Waals surface area contributed by atoms with Crippen molar-refractivity contribution in [3.63, 3.8) is 0 Å². The van der Waals surface area contributed by atoms with Crippen LogP contribution in [0.4, 0.5) is 0 Å². The molecule has 0 rings (SSSR count). The Hall–Kier alpha value is -1.28. The minimum absolute atomic E-state index is 0. The molecule has 0 unspecified atom stereocenters. The maximum atomic E-state index is 8.35. The molecule has 0 bridgehead atoms. The van der Waals surface area contributed by atoms with E-state index in [1.807, 2.05) is 0 Å². The summed E-state index contributed by atoms with van der Waals surface area (Å²) in [5.41, 5.74) is 0. The van der Waals surface area contributed by atoms with Gasteiger partial charge in [-0.1, -0.05) is 0 Å². The molecule has 0 aliphatic heterocycles. The van der Waals surface area contributed by atoms with Crippen LogP contribution in [0.5, 0.6) is 0 Å². The zero-order valence-electron chi connectivity index (χ0n) is 3.32. The predicted octanol–water partition coefficient (Wildman–Crippen LogP) is -1.02. The van der Waals surface area contributed by atoms with Gasteiger partial charge in [0.2, 0.25) is 12.2 Å².